The number of ether oxygens (including phenoxy) is 1. The van der Waals surface area contributed by atoms with Crippen LogP contribution in [-0.2, 0) is 16.4 Å². The topological polar surface area (TPSA) is 88.8 Å². The molecular weight excluding hydrogens is 710 g/mol. The van der Waals surface area contributed by atoms with Gasteiger partial charge in [0.05, 0.1) is 18.4 Å². The van der Waals surface area contributed by atoms with Crippen molar-refractivity contribution in [2.24, 2.45) is 0 Å². The van der Waals surface area contributed by atoms with Crippen LogP contribution in [0.1, 0.15) is 87.4 Å². The first-order valence-electron chi connectivity index (χ1n) is 14.4. The van der Waals surface area contributed by atoms with Gasteiger partial charge in [0.2, 0.25) is 10.0 Å². The van der Waals surface area contributed by atoms with E-state index in [-0.39, 0.29) is 18.2 Å². The van der Waals surface area contributed by atoms with Crippen LogP contribution in [-0.4, -0.2) is 51.6 Å². The van der Waals surface area contributed by atoms with Gasteiger partial charge in [-0.15, -0.1) is 12.4 Å². The molecule has 11 heteroatoms. The molecule has 0 saturated carbocycles. The normalized spacial score (nSPS) is 11.1. The third-order valence-electron chi connectivity index (χ3n) is 6.71. The number of benzene rings is 2. The molecular formula is C31H45Cl2IN2O5S. The maximum absolute atomic E-state index is 13.7. The standard InChI is InChI=1S/C31H44N2O5S.ClI.ClH/c1-5-8-12-29-30(27-23-25(32-39(4,35)36)15-18-28(27)38-29)31(34)24-13-16-26(17-14-24)37-22-11-21-33(19-9-6-2)20-10-7-3;1-2;/h13-18,23,32H,5-12,19-22H2,1-4H3;;1H. The number of carbonyl (C=O) groups excluding carboxylic acids is 1. The number of nitrogens with zero attached hydrogens (tertiary/aromatic N) is 1. The van der Waals surface area contributed by atoms with Gasteiger partial charge in [-0.05, 0) is 90.1 Å². The lowest BCUT2D eigenvalue weighted by Gasteiger charge is -2.21. The van der Waals surface area contributed by atoms with E-state index in [0.29, 0.717) is 46.6 Å². The largest absolute Gasteiger partial charge is 0.494 e. The highest BCUT2D eigenvalue weighted by Gasteiger charge is 2.22. The average molecular weight is 756 g/mol. The minimum atomic E-state index is -3.45. The summed E-state index contributed by atoms with van der Waals surface area (Å²) in [7, 11) is 1.16. The molecule has 3 aromatic rings. The molecule has 236 valence electrons. The number of hydrogen-bond acceptors (Lipinski definition) is 6. The van der Waals surface area contributed by atoms with Gasteiger partial charge in [-0.2, -0.15) is 0 Å². The number of carbonyl (C=O) groups is 1. The Hall–Kier alpha value is -1.53. The summed E-state index contributed by atoms with van der Waals surface area (Å²) >= 11 is 1.62. The van der Waals surface area contributed by atoms with Crippen molar-refractivity contribution in [3.05, 3.63) is 59.4 Å². The van der Waals surface area contributed by atoms with Crippen LogP contribution in [0.5, 0.6) is 5.75 Å². The number of fused-ring (bicyclic) bond motifs is 1. The quantitative estimate of drug-likeness (QED) is 0.0793. The van der Waals surface area contributed by atoms with Crippen molar-refractivity contribution in [2.45, 2.75) is 72.1 Å². The van der Waals surface area contributed by atoms with Crippen molar-refractivity contribution in [1.82, 2.24) is 4.90 Å². The Kier molecular flexibility index (Phi) is 18.7. The first kappa shape index (κ1) is 38.5. The minimum absolute atomic E-state index is 0. The molecule has 1 N–H and O–H groups in total. The van der Waals surface area contributed by atoms with Crippen LogP contribution < -0.4 is 9.46 Å². The Morgan fingerprint density at radius 2 is 1.52 bits per heavy atom. The van der Waals surface area contributed by atoms with Crippen molar-refractivity contribution >= 4 is 75.2 Å². The summed E-state index contributed by atoms with van der Waals surface area (Å²) in [6.45, 7) is 10.5. The molecule has 0 atom stereocenters. The molecule has 1 aromatic heterocycles. The zero-order chi connectivity index (χ0) is 30.3. The molecule has 1 heterocycles. The molecule has 42 heavy (non-hydrogen) atoms. The molecule has 0 aliphatic heterocycles. The Bertz CT molecular complexity index is 1310. The van der Waals surface area contributed by atoms with Crippen LogP contribution >= 0.6 is 42.8 Å². The lowest BCUT2D eigenvalue weighted by molar-refractivity contribution is 0.103. The summed E-state index contributed by atoms with van der Waals surface area (Å²) < 4.78 is 38.0. The zero-order valence-electron chi connectivity index (χ0n) is 25.1. The number of ketones is 1. The molecule has 0 saturated heterocycles. The van der Waals surface area contributed by atoms with Gasteiger partial charge in [0.25, 0.3) is 0 Å². The molecule has 0 unspecified atom stereocenters. The van der Waals surface area contributed by atoms with E-state index >= 15 is 0 Å². The highest BCUT2D eigenvalue weighted by Crippen LogP contribution is 2.32. The summed E-state index contributed by atoms with van der Waals surface area (Å²) in [5.74, 6) is 1.22. The SMILES string of the molecule is CCCCc1oc2ccc(NS(C)(=O)=O)cc2c1C(=O)c1ccc(OCCCN(CCCC)CCCC)cc1.Cl.ClI. The molecule has 2 aromatic carbocycles. The maximum atomic E-state index is 13.7. The van der Waals surface area contributed by atoms with Crippen LogP contribution in [0.15, 0.2) is 46.9 Å². The molecule has 0 aliphatic carbocycles. The average Bonchev–Trinajstić information content (AvgIpc) is 3.32. The third-order valence-corrected chi connectivity index (χ3v) is 7.31. The van der Waals surface area contributed by atoms with Crippen molar-refractivity contribution in [3.63, 3.8) is 0 Å². The number of nitrogens with one attached hydrogen (secondary N) is 1. The summed E-state index contributed by atoms with van der Waals surface area (Å²) in [5.41, 5.74) is 1.99. The second kappa shape index (κ2) is 20.4. The van der Waals surface area contributed by atoms with Crippen LogP contribution in [0.25, 0.3) is 11.0 Å². The predicted octanol–water partition coefficient (Wildman–Crippen LogP) is 9.05. The van der Waals surface area contributed by atoms with Crippen LogP contribution in [0.3, 0.4) is 0 Å². The third kappa shape index (κ3) is 12.6. The maximum Gasteiger partial charge on any atom is 0.229 e. The van der Waals surface area contributed by atoms with Crippen molar-refractivity contribution in [1.29, 1.82) is 0 Å². The first-order valence-corrected chi connectivity index (χ1v) is 19.1. The zero-order valence-corrected chi connectivity index (χ0v) is 29.6. The van der Waals surface area contributed by atoms with E-state index in [1.807, 2.05) is 12.1 Å². The number of furan rings is 1. The Labute approximate surface area is 275 Å². The smallest absolute Gasteiger partial charge is 0.229 e. The monoisotopic (exact) mass is 754 g/mol. The number of unbranched alkanes of at least 4 members (excludes halogenated alkanes) is 3. The molecule has 0 fully saturated rings. The fraction of sp³-hybridized carbons (Fsp3) is 0.516. The number of halogens is 3. The van der Waals surface area contributed by atoms with Crippen molar-refractivity contribution in [2.75, 3.05) is 37.2 Å². The van der Waals surface area contributed by atoms with Crippen LogP contribution in [0.4, 0.5) is 5.69 Å². The number of hydrogen-bond donors (Lipinski definition) is 1. The number of aryl methyl sites for hydroxylation is 1. The van der Waals surface area contributed by atoms with Gasteiger partial charge >= 0.3 is 0 Å². The lowest BCUT2D eigenvalue weighted by atomic mass is 9.98. The molecule has 0 amide bonds. The second-order valence-electron chi connectivity index (χ2n) is 10.2. The summed E-state index contributed by atoms with van der Waals surface area (Å²) in [6, 6.07) is 12.3. The van der Waals surface area contributed by atoms with Crippen molar-refractivity contribution < 1.29 is 22.4 Å². The van der Waals surface area contributed by atoms with E-state index in [1.165, 1.54) is 25.7 Å². The predicted molar refractivity (Wildman–Crippen MR) is 187 cm³/mol. The van der Waals surface area contributed by atoms with Gasteiger partial charge in [0.1, 0.15) is 17.1 Å². The Morgan fingerprint density at radius 1 is 0.929 bits per heavy atom. The molecule has 0 aliphatic rings. The van der Waals surface area contributed by atoms with E-state index < -0.39 is 10.0 Å². The molecule has 3 rings (SSSR count). The number of anilines is 1. The first-order chi connectivity index (χ1) is 19.8. The van der Waals surface area contributed by atoms with E-state index in [2.05, 4.69) is 39.3 Å². The van der Waals surface area contributed by atoms with E-state index in [1.54, 1.807) is 51.8 Å². The molecule has 7 nitrogen and oxygen atoms in total. The van der Waals surface area contributed by atoms with Gasteiger partial charge in [-0.1, -0.05) is 40.0 Å². The Balaban J connectivity index is 0.00000288. The van der Waals surface area contributed by atoms with Gasteiger partial charge in [0.15, 0.2) is 5.78 Å². The molecule has 0 radical (unpaired) electrons. The van der Waals surface area contributed by atoms with Gasteiger partial charge in [0, 0.05) is 51.1 Å². The highest BCUT2D eigenvalue weighted by atomic mass is 127. The van der Waals surface area contributed by atoms with E-state index in [9.17, 15) is 13.2 Å². The highest BCUT2D eigenvalue weighted by molar-refractivity contribution is 14.1. The van der Waals surface area contributed by atoms with Crippen molar-refractivity contribution in [3.8, 4) is 5.75 Å². The van der Waals surface area contributed by atoms with Crippen LogP contribution in [0.2, 0.25) is 0 Å². The van der Waals surface area contributed by atoms with E-state index in [0.717, 1.165) is 50.9 Å². The number of rotatable bonds is 18. The summed E-state index contributed by atoms with van der Waals surface area (Å²) in [4.78, 5) is 16.2. The Morgan fingerprint density at radius 3 is 2.10 bits per heavy atom. The number of sulfonamides is 1. The van der Waals surface area contributed by atoms with Gasteiger partial charge in [-0.3, -0.25) is 9.52 Å². The fourth-order valence-corrected chi connectivity index (χ4v) is 5.17. The summed E-state index contributed by atoms with van der Waals surface area (Å²) in [6.07, 6.45) is 9.40. The van der Waals surface area contributed by atoms with Gasteiger partial charge < -0.3 is 14.1 Å². The molecule has 0 bridgehead atoms. The van der Waals surface area contributed by atoms with E-state index in [4.69, 9.17) is 9.15 Å². The molecule has 0 spiro atoms. The summed E-state index contributed by atoms with van der Waals surface area (Å²) in [5, 5.41) is 0.607. The minimum Gasteiger partial charge on any atom is -0.494 e. The van der Waals surface area contributed by atoms with Gasteiger partial charge in [-0.25, -0.2) is 8.42 Å². The van der Waals surface area contributed by atoms with Crippen LogP contribution in [0, 0.1) is 0 Å². The lowest BCUT2D eigenvalue weighted by Crippen LogP contribution is -2.28. The second-order valence-corrected chi connectivity index (χ2v) is 11.9. The fourth-order valence-electron chi connectivity index (χ4n) is 4.61.